The van der Waals surface area contributed by atoms with Crippen molar-refractivity contribution in [3.05, 3.63) is 12.5 Å². The van der Waals surface area contributed by atoms with Crippen LogP contribution in [-0.2, 0) is 4.74 Å². The summed E-state index contributed by atoms with van der Waals surface area (Å²) in [6.45, 7) is 6.57. The first-order chi connectivity index (χ1) is 5.61. The van der Waals surface area contributed by atoms with Crippen molar-refractivity contribution in [2.45, 2.75) is 13.0 Å². The summed E-state index contributed by atoms with van der Waals surface area (Å²) in [6, 6.07) is 0. The fourth-order valence-electron chi connectivity index (χ4n) is 0.765. The lowest BCUT2D eigenvalue weighted by atomic mass is 10.4. The molecule has 0 spiro atoms. The lowest BCUT2D eigenvalue weighted by Crippen LogP contribution is -2.34. The summed E-state index contributed by atoms with van der Waals surface area (Å²) in [4.78, 5) is 0. The van der Waals surface area contributed by atoms with Crippen molar-refractivity contribution in [3.8, 4) is 0 Å². The van der Waals surface area contributed by atoms with E-state index in [4.69, 9.17) is 4.74 Å². The van der Waals surface area contributed by atoms with E-state index in [0.717, 1.165) is 6.54 Å². The largest absolute Gasteiger partial charge is 0.474 e. The van der Waals surface area contributed by atoms with E-state index in [2.05, 4.69) is 17.3 Å². The van der Waals surface area contributed by atoms with Crippen molar-refractivity contribution >= 4 is 0 Å². The van der Waals surface area contributed by atoms with Crippen LogP contribution in [0.4, 0.5) is 0 Å². The van der Waals surface area contributed by atoms with E-state index < -0.39 is 0 Å². The fraction of sp³-hybridized carbons (Fsp3) is 0.750. The molecule has 72 valence electrons. The second-order valence-corrected chi connectivity index (χ2v) is 2.66. The van der Waals surface area contributed by atoms with Crippen LogP contribution in [0.5, 0.6) is 0 Å². The summed E-state index contributed by atoms with van der Waals surface area (Å²) in [5.41, 5.74) is 2.90. The van der Waals surface area contributed by atoms with Crippen molar-refractivity contribution in [1.82, 2.24) is 15.8 Å². The zero-order chi connectivity index (χ0) is 9.56. The SMILES string of the molecule is C=C(O[C@@H](C)CNC)N(C)NC. The zero-order valence-electron chi connectivity index (χ0n) is 8.35. The summed E-state index contributed by atoms with van der Waals surface area (Å²) in [5, 5.41) is 4.75. The van der Waals surface area contributed by atoms with Gasteiger partial charge in [-0.25, -0.2) is 5.43 Å². The second kappa shape index (κ2) is 5.85. The molecule has 0 amide bonds. The number of ether oxygens (including phenoxy) is 1. The van der Waals surface area contributed by atoms with Gasteiger partial charge in [0.2, 0.25) is 0 Å². The van der Waals surface area contributed by atoms with Crippen LogP contribution in [0.15, 0.2) is 12.5 Å². The van der Waals surface area contributed by atoms with Crippen LogP contribution in [0, 0.1) is 0 Å². The molecule has 0 saturated heterocycles. The van der Waals surface area contributed by atoms with Gasteiger partial charge in [-0.05, 0) is 20.6 Å². The molecule has 0 rings (SSSR count). The Morgan fingerprint density at radius 1 is 1.58 bits per heavy atom. The van der Waals surface area contributed by atoms with Crippen LogP contribution in [-0.4, -0.2) is 38.8 Å². The van der Waals surface area contributed by atoms with E-state index in [9.17, 15) is 0 Å². The first-order valence-corrected chi connectivity index (χ1v) is 4.03. The molecule has 1 atom stereocenters. The van der Waals surface area contributed by atoms with E-state index in [1.165, 1.54) is 0 Å². The zero-order valence-corrected chi connectivity index (χ0v) is 8.35. The molecule has 12 heavy (non-hydrogen) atoms. The Hall–Kier alpha value is -0.740. The van der Waals surface area contributed by atoms with Gasteiger partial charge in [0.15, 0.2) is 5.88 Å². The van der Waals surface area contributed by atoms with Crippen LogP contribution in [0.25, 0.3) is 0 Å². The molecule has 0 aliphatic carbocycles. The highest BCUT2D eigenvalue weighted by molar-refractivity contribution is 4.79. The number of hydrogen-bond donors (Lipinski definition) is 2. The van der Waals surface area contributed by atoms with Gasteiger partial charge in [-0.3, -0.25) is 5.01 Å². The molecule has 0 aromatic carbocycles. The molecule has 0 aromatic rings. The summed E-state index contributed by atoms with van der Waals surface area (Å²) in [6.07, 6.45) is 0.137. The molecule has 4 nitrogen and oxygen atoms in total. The van der Waals surface area contributed by atoms with Crippen molar-refractivity contribution in [2.24, 2.45) is 0 Å². The van der Waals surface area contributed by atoms with E-state index in [1.807, 2.05) is 28.1 Å². The van der Waals surface area contributed by atoms with Gasteiger partial charge in [-0.1, -0.05) is 0 Å². The molecule has 0 unspecified atom stereocenters. The van der Waals surface area contributed by atoms with Gasteiger partial charge >= 0.3 is 0 Å². The maximum atomic E-state index is 5.45. The Morgan fingerprint density at radius 3 is 2.58 bits per heavy atom. The molecule has 0 heterocycles. The topological polar surface area (TPSA) is 36.5 Å². The van der Waals surface area contributed by atoms with Gasteiger partial charge in [0.05, 0.1) is 0 Å². The van der Waals surface area contributed by atoms with Crippen LogP contribution in [0.2, 0.25) is 0 Å². The average molecular weight is 173 g/mol. The summed E-state index contributed by atoms with van der Waals surface area (Å²) < 4.78 is 5.45. The quantitative estimate of drug-likeness (QED) is 0.443. The van der Waals surface area contributed by atoms with Gasteiger partial charge < -0.3 is 10.1 Å². The number of hydrogen-bond acceptors (Lipinski definition) is 4. The Bertz CT molecular complexity index is 138. The molecule has 0 aliphatic rings. The molecule has 0 aromatic heterocycles. The Kier molecular flexibility index (Phi) is 5.49. The molecule has 0 aliphatic heterocycles. The number of nitrogens with one attached hydrogen (secondary N) is 2. The van der Waals surface area contributed by atoms with Gasteiger partial charge in [0, 0.05) is 20.6 Å². The molecule has 0 fully saturated rings. The van der Waals surface area contributed by atoms with Crippen LogP contribution >= 0.6 is 0 Å². The van der Waals surface area contributed by atoms with Crippen molar-refractivity contribution in [3.63, 3.8) is 0 Å². The maximum Gasteiger partial charge on any atom is 0.196 e. The van der Waals surface area contributed by atoms with Gasteiger partial charge in [0.1, 0.15) is 6.10 Å². The molecule has 2 N–H and O–H groups in total. The van der Waals surface area contributed by atoms with Gasteiger partial charge in [0.25, 0.3) is 0 Å². The predicted molar refractivity (Wildman–Crippen MR) is 50.4 cm³/mol. The van der Waals surface area contributed by atoms with Gasteiger partial charge in [-0.2, -0.15) is 0 Å². The van der Waals surface area contributed by atoms with E-state index >= 15 is 0 Å². The number of hydrazine groups is 1. The average Bonchev–Trinajstić information content (AvgIpc) is 2.03. The van der Waals surface area contributed by atoms with Crippen molar-refractivity contribution in [1.29, 1.82) is 0 Å². The third kappa shape index (κ3) is 4.20. The summed E-state index contributed by atoms with van der Waals surface area (Å²) in [5.74, 6) is 0.625. The minimum Gasteiger partial charge on any atom is -0.474 e. The third-order valence-corrected chi connectivity index (χ3v) is 1.54. The van der Waals surface area contributed by atoms with E-state index in [0.29, 0.717) is 5.88 Å². The molecule has 0 bridgehead atoms. The highest BCUT2D eigenvalue weighted by atomic mass is 16.5. The van der Waals surface area contributed by atoms with Crippen LogP contribution < -0.4 is 10.7 Å². The second-order valence-electron chi connectivity index (χ2n) is 2.66. The summed E-state index contributed by atoms with van der Waals surface area (Å²) >= 11 is 0. The van der Waals surface area contributed by atoms with Gasteiger partial charge in [-0.15, -0.1) is 0 Å². The number of likely N-dealkylation sites (N-methyl/N-ethyl adjacent to an activating group) is 1. The summed E-state index contributed by atoms with van der Waals surface area (Å²) in [7, 11) is 5.57. The van der Waals surface area contributed by atoms with E-state index in [-0.39, 0.29) is 6.10 Å². The smallest absolute Gasteiger partial charge is 0.196 e. The minimum absolute atomic E-state index is 0.137. The van der Waals surface area contributed by atoms with Crippen LogP contribution in [0.1, 0.15) is 6.92 Å². The highest BCUT2D eigenvalue weighted by Crippen LogP contribution is 2.00. The predicted octanol–water partition coefficient (Wildman–Crippen LogP) is 0.148. The van der Waals surface area contributed by atoms with Crippen LogP contribution in [0.3, 0.4) is 0 Å². The van der Waals surface area contributed by atoms with Crippen molar-refractivity contribution < 1.29 is 4.74 Å². The monoisotopic (exact) mass is 173 g/mol. The van der Waals surface area contributed by atoms with Crippen molar-refractivity contribution in [2.75, 3.05) is 27.7 Å². The molecule has 4 heteroatoms. The maximum absolute atomic E-state index is 5.45. The standard InChI is InChI=1S/C8H19N3O/c1-7(6-9-3)12-8(2)11(5)10-4/h7,9-10H,2,6H2,1,3-5H3/t7-/m0/s1. The lowest BCUT2D eigenvalue weighted by molar-refractivity contribution is 0.0573. The number of rotatable bonds is 6. The first kappa shape index (κ1) is 11.3. The molecule has 0 saturated carbocycles. The van der Waals surface area contributed by atoms with E-state index in [1.54, 1.807) is 5.01 Å². The molecular weight excluding hydrogens is 154 g/mol. The normalized spacial score (nSPS) is 12.3. The molecular formula is C8H19N3O. The third-order valence-electron chi connectivity index (χ3n) is 1.54. The minimum atomic E-state index is 0.137. The Morgan fingerprint density at radius 2 is 2.17 bits per heavy atom. The molecule has 0 radical (unpaired) electrons. The Balaban J connectivity index is 3.67. The first-order valence-electron chi connectivity index (χ1n) is 4.03. The Labute approximate surface area is 74.5 Å². The number of nitrogens with zero attached hydrogens (tertiary/aromatic N) is 1. The lowest BCUT2D eigenvalue weighted by Gasteiger charge is -2.23. The highest BCUT2D eigenvalue weighted by Gasteiger charge is 2.05. The fourth-order valence-corrected chi connectivity index (χ4v) is 0.765.